The van der Waals surface area contributed by atoms with Gasteiger partial charge in [-0.1, -0.05) is 0 Å². The van der Waals surface area contributed by atoms with Crippen LogP contribution in [0.3, 0.4) is 0 Å². The summed E-state index contributed by atoms with van der Waals surface area (Å²) in [5, 5.41) is 31.4. The van der Waals surface area contributed by atoms with Crippen molar-refractivity contribution in [2.75, 3.05) is 7.05 Å². The van der Waals surface area contributed by atoms with E-state index in [0.717, 1.165) is 0 Å². The average molecular weight is 364 g/mol. The number of aliphatic carboxylic acids is 1. The Morgan fingerprint density at radius 1 is 1.52 bits per heavy atom. The third-order valence-electron chi connectivity index (χ3n) is 3.16. The van der Waals surface area contributed by atoms with Gasteiger partial charge in [0, 0.05) is 0 Å². The van der Waals surface area contributed by atoms with Gasteiger partial charge in [-0.25, -0.2) is 0 Å². The molecule has 0 bridgehead atoms. The van der Waals surface area contributed by atoms with Gasteiger partial charge in [-0.15, -0.1) is 0 Å². The number of hydrogen-bond donors (Lipinski definition) is 5. The second-order valence-electron chi connectivity index (χ2n) is 4.62. The summed E-state index contributed by atoms with van der Waals surface area (Å²) < 4.78 is 6.79. The van der Waals surface area contributed by atoms with Crippen molar-refractivity contribution in [1.82, 2.24) is 14.9 Å². The first-order valence-corrected chi connectivity index (χ1v) is 6.95. The number of aromatic amines is 1. The molecule has 0 aliphatic carbocycles. The Hall–Kier alpha value is -1.29. The van der Waals surface area contributed by atoms with E-state index < -0.39 is 30.5 Å². The molecule has 0 aromatic carbocycles. The minimum absolute atomic E-state index is 0.252. The molecule has 1 aliphatic rings. The number of carboxylic acids is 1. The predicted octanol–water partition coefficient (Wildman–Crippen LogP) is -2.70. The molecule has 9 nitrogen and oxygen atoms in total. The molecule has 2 heterocycles. The summed E-state index contributed by atoms with van der Waals surface area (Å²) in [6.45, 7) is 0.281. The van der Waals surface area contributed by atoms with Gasteiger partial charge in [0.25, 0.3) is 0 Å². The van der Waals surface area contributed by atoms with E-state index in [4.69, 9.17) is 9.84 Å². The zero-order valence-electron chi connectivity index (χ0n) is 11.0. The molecule has 0 radical (unpaired) electrons. The number of nitrogens with zero attached hydrogens (tertiary/aromatic N) is 1. The molecule has 1 aromatic heterocycles. The van der Waals surface area contributed by atoms with E-state index in [-0.39, 0.29) is 16.4 Å². The van der Waals surface area contributed by atoms with Gasteiger partial charge in [0.2, 0.25) is 0 Å². The number of aliphatic hydroxyl groups excluding tert-OH is 2. The van der Waals surface area contributed by atoms with E-state index in [2.05, 4.69) is 25.9 Å². The van der Waals surface area contributed by atoms with E-state index in [1.807, 2.05) is 0 Å². The van der Waals surface area contributed by atoms with E-state index in [1.54, 1.807) is 7.05 Å². The second-order valence-corrected chi connectivity index (χ2v) is 5.43. The summed E-state index contributed by atoms with van der Waals surface area (Å²) in [5.74, 6) is -1.37. The average Bonchev–Trinajstić information content (AvgIpc) is 2.70. The van der Waals surface area contributed by atoms with Crippen LogP contribution < -0.4 is 10.9 Å². The SMILES string of the molecule is CNCc1cn([C@@H]2O[C@H](C(=O)O)[C@@H](O)[C@H]2O)c(=[Se])[nH]c1=O. The summed E-state index contributed by atoms with van der Waals surface area (Å²) in [7, 11) is 1.67. The molecule has 1 aromatic rings. The minimum atomic E-state index is -1.56. The molecule has 116 valence electrons. The van der Waals surface area contributed by atoms with Crippen molar-refractivity contribution in [2.24, 2.45) is 0 Å². The molecule has 0 amide bonds. The van der Waals surface area contributed by atoms with Gasteiger partial charge in [0.15, 0.2) is 0 Å². The number of carboxylic acid groups (broad SMARTS) is 1. The van der Waals surface area contributed by atoms with E-state index in [9.17, 15) is 19.8 Å². The van der Waals surface area contributed by atoms with Crippen LogP contribution in [0.25, 0.3) is 0 Å². The van der Waals surface area contributed by atoms with Gasteiger partial charge < -0.3 is 0 Å². The van der Waals surface area contributed by atoms with Crippen molar-refractivity contribution in [1.29, 1.82) is 0 Å². The zero-order valence-corrected chi connectivity index (χ0v) is 12.7. The summed E-state index contributed by atoms with van der Waals surface area (Å²) in [6.07, 6.45) is -4.21. The Morgan fingerprint density at radius 2 is 2.19 bits per heavy atom. The molecule has 4 atom stereocenters. The van der Waals surface area contributed by atoms with Gasteiger partial charge in [-0.2, -0.15) is 0 Å². The number of H-pyrrole nitrogens is 1. The number of hydrogen-bond acceptors (Lipinski definition) is 6. The van der Waals surface area contributed by atoms with Crippen molar-refractivity contribution in [3.8, 4) is 0 Å². The van der Waals surface area contributed by atoms with Crippen molar-refractivity contribution in [3.63, 3.8) is 0 Å². The number of aliphatic hydroxyl groups is 2. The predicted molar refractivity (Wildman–Crippen MR) is 70.4 cm³/mol. The molecule has 1 saturated heterocycles. The summed E-state index contributed by atoms with van der Waals surface area (Å²) in [6, 6.07) is 0. The van der Waals surface area contributed by atoms with Crippen LogP contribution in [0.1, 0.15) is 11.8 Å². The molecule has 1 aliphatic heterocycles. The quantitative estimate of drug-likeness (QED) is 0.367. The summed E-state index contributed by atoms with van der Waals surface area (Å²) >= 11 is 2.60. The first-order chi connectivity index (χ1) is 9.86. The third-order valence-corrected chi connectivity index (χ3v) is 3.82. The molecular formula is C11H15N3O6Se. The van der Waals surface area contributed by atoms with Crippen LogP contribution in [0.4, 0.5) is 0 Å². The number of nitrogens with one attached hydrogen (secondary N) is 2. The van der Waals surface area contributed by atoms with Crippen LogP contribution in [-0.4, -0.2) is 71.8 Å². The van der Waals surface area contributed by atoms with Crippen LogP contribution >= 0.6 is 0 Å². The van der Waals surface area contributed by atoms with Gasteiger partial charge in [0.05, 0.1) is 0 Å². The fourth-order valence-corrected chi connectivity index (χ4v) is 2.65. The van der Waals surface area contributed by atoms with Gasteiger partial charge in [-0.3, -0.25) is 0 Å². The Morgan fingerprint density at radius 3 is 2.71 bits per heavy atom. The van der Waals surface area contributed by atoms with Crippen LogP contribution in [0, 0.1) is 4.32 Å². The molecule has 1 fully saturated rings. The third kappa shape index (κ3) is 3.00. The molecule has 0 unspecified atom stereocenters. The normalized spacial score (nSPS) is 28.7. The van der Waals surface area contributed by atoms with Crippen LogP contribution in [-0.2, 0) is 16.1 Å². The van der Waals surface area contributed by atoms with Gasteiger partial charge in [0.1, 0.15) is 0 Å². The first kappa shape index (κ1) is 16.1. The van der Waals surface area contributed by atoms with E-state index in [0.29, 0.717) is 5.56 Å². The Kier molecular flexibility index (Phi) is 4.77. The number of aromatic nitrogens is 2. The summed E-state index contributed by atoms with van der Waals surface area (Å²) in [4.78, 5) is 25.2. The maximum absolute atomic E-state index is 11.7. The van der Waals surface area contributed by atoms with Gasteiger partial charge in [-0.05, 0) is 0 Å². The molecular weight excluding hydrogens is 349 g/mol. The molecule has 21 heavy (non-hydrogen) atoms. The first-order valence-electron chi connectivity index (χ1n) is 6.10. The van der Waals surface area contributed by atoms with Crippen LogP contribution in [0.5, 0.6) is 0 Å². The Bertz CT molecular complexity index is 656. The van der Waals surface area contributed by atoms with E-state index in [1.165, 1.54) is 10.8 Å². The van der Waals surface area contributed by atoms with Gasteiger partial charge >= 0.3 is 126 Å². The van der Waals surface area contributed by atoms with Crippen LogP contribution in [0.15, 0.2) is 11.0 Å². The van der Waals surface area contributed by atoms with E-state index >= 15 is 0 Å². The number of rotatable bonds is 4. The fraction of sp³-hybridized carbons (Fsp3) is 0.545. The van der Waals surface area contributed by atoms with Crippen LogP contribution in [0.2, 0.25) is 0 Å². The van der Waals surface area contributed by atoms with Crippen molar-refractivity contribution in [2.45, 2.75) is 31.1 Å². The Labute approximate surface area is 126 Å². The Balaban J connectivity index is 2.42. The standard InChI is InChI=1S/C11H15N3O6Se/c1-12-2-4-3-14(11(21)13-8(4)17)9-6(16)5(15)7(20-9)10(18)19/h3,5-7,9,12,15-16H,2H2,1H3,(H,18,19)(H,13,17,21)/t5-,6+,7-,9+/m0/s1. The van der Waals surface area contributed by atoms with Crippen molar-refractivity contribution in [3.05, 3.63) is 26.4 Å². The molecule has 5 N–H and O–H groups in total. The number of carbonyl (C=O) groups is 1. The zero-order chi connectivity index (χ0) is 15.7. The summed E-state index contributed by atoms with van der Waals surface area (Å²) in [5.41, 5.74) is 0.0535. The molecule has 0 saturated carbocycles. The van der Waals surface area contributed by atoms with Crippen molar-refractivity contribution < 1.29 is 24.9 Å². The molecule has 2 rings (SSSR count). The van der Waals surface area contributed by atoms with Crippen molar-refractivity contribution >= 4 is 21.5 Å². The monoisotopic (exact) mass is 365 g/mol. The second kappa shape index (κ2) is 6.22. The molecule has 0 spiro atoms. The topological polar surface area (TPSA) is 137 Å². The fourth-order valence-electron chi connectivity index (χ4n) is 2.13. The maximum atomic E-state index is 11.7. The number of ether oxygens (including phenoxy) is 1. The molecule has 10 heteroatoms.